The Morgan fingerprint density at radius 2 is 1.92 bits per heavy atom. The minimum Gasteiger partial charge on any atom is -0.374 e. The van der Waals surface area contributed by atoms with E-state index in [1.54, 1.807) is 0 Å². The predicted octanol–water partition coefficient (Wildman–Crippen LogP) is 1.80. The van der Waals surface area contributed by atoms with Crippen molar-refractivity contribution in [2.75, 3.05) is 20.2 Å². The van der Waals surface area contributed by atoms with E-state index >= 15 is 0 Å². The maximum atomic E-state index is 5.78. The van der Waals surface area contributed by atoms with Gasteiger partial charge in [0.1, 0.15) is 0 Å². The second-order valence-corrected chi connectivity index (χ2v) is 4.66. The molecule has 0 aromatic rings. The van der Waals surface area contributed by atoms with Crippen LogP contribution >= 0.6 is 0 Å². The van der Waals surface area contributed by atoms with Crippen LogP contribution in [-0.4, -0.2) is 25.8 Å². The molecule has 1 N–H and O–H groups in total. The molecular formula is C10H21NO. The van der Waals surface area contributed by atoms with Crippen molar-refractivity contribution < 1.29 is 4.74 Å². The Balaban J connectivity index is 2.43. The van der Waals surface area contributed by atoms with Crippen molar-refractivity contribution in [3.8, 4) is 0 Å². The van der Waals surface area contributed by atoms with Crippen LogP contribution in [0.25, 0.3) is 0 Å². The van der Waals surface area contributed by atoms with E-state index in [1.165, 1.54) is 12.8 Å². The highest BCUT2D eigenvalue weighted by atomic mass is 16.5. The Bertz CT molecular complexity index is 138. The monoisotopic (exact) mass is 171 g/mol. The van der Waals surface area contributed by atoms with E-state index in [-0.39, 0.29) is 5.60 Å². The van der Waals surface area contributed by atoms with Crippen molar-refractivity contribution in [2.45, 2.75) is 39.2 Å². The lowest BCUT2D eigenvalue weighted by Crippen LogP contribution is -2.56. The number of hydrogen-bond acceptors (Lipinski definition) is 2. The minimum atomic E-state index is 0.146. The number of hydrogen-bond donors (Lipinski definition) is 1. The van der Waals surface area contributed by atoms with Crippen LogP contribution in [-0.2, 0) is 4.74 Å². The molecule has 1 rings (SSSR count). The molecule has 1 aliphatic carbocycles. The molecule has 0 aromatic carbocycles. The van der Waals surface area contributed by atoms with Gasteiger partial charge in [0.2, 0.25) is 0 Å². The summed E-state index contributed by atoms with van der Waals surface area (Å²) in [4.78, 5) is 0. The van der Waals surface area contributed by atoms with E-state index in [9.17, 15) is 0 Å². The molecule has 1 fully saturated rings. The summed E-state index contributed by atoms with van der Waals surface area (Å²) in [6.07, 6.45) is 2.38. The molecule has 0 heterocycles. The quantitative estimate of drug-likeness (QED) is 0.696. The zero-order valence-electron chi connectivity index (χ0n) is 8.74. The highest BCUT2D eigenvalue weighted by Gasteiger charge is 2.49. The molecule has 12 heavy (non-hydrogen) atoms. The molecule has 1 aliphatic rings. The van der Waals surface area contributed by atoms with E-state index in [0.29, 0.717) is 5.41 Å². The van der Waals surface area contributed by atoms with E-state index in [0.717, 1.165) is 13.2 Å². The van der Waals surface area contributed by atoms with Gasteiger partial charge in [-0.2, -0.15) is 0 Å². The van der Waals surface area contributed by atoms with E-state index in [1.807, 2.05) is 7.05 Å². The topological polar surface area (TPSA) is 21.3 Å². The van der Waals surface area contributed by atoms with Crippen LogP contribution in [0.3, 0.4) is 0 Å². The van der Waals surface area contributed by atoms with E-state index < -0.39 is 0 Å². The minimum absolute atomic E-state index is 0.146. The first-order chi connectivity index (χ1) is 5.54. The van der Waals surface area contributed by atoms with Crippen LogP contribution in [0.1, 0.15) is 33.6 Å². The molecule has 0 bridgehead atoms. The molecular weight excluding hydrogens is 150 g/mol. The van der Waals surface area contributed by atoms with Crippen molar-refractivity contribution >= 4 is 0 Å². The van der Waals surface area contributed by atoms with Gasteiger partial charge < -0.3 is 10.1 Å². The lowest BCUT2D eigenvalue weighted by atomic mass is 9.61. The van der Waals surface area contributed by atoms with Gasteiger partial charge in [-0.15, -0.1) is 0 Å². The summed E-state index contributed by atoms with van der Waals surface area (Å²) in [5.41, 5.74) is 0.638. The largest absolute Gasteiger partial charge is 0.374 e. The number of rotatable bonds is 4. The highest BCUT2D eigenvalue weighted by molar-refractivity contribution is 5.02. The zero-order valence-corrected chi connectivity index (χ0v) is 8.74. The number of nitrogens with one attached hydrogen (secondary N) is 1. The van der Waals surface area contributed by atoms with Gasteiger partial charge in [-0.3, -0.25) is 0 Å². The number of ether oxygens (including phenoxy) is 1. The first kappa shape index (κ1) is 10.0. The van der Waals surface area contributed by atoms with Crippen LogP contribution in [0.2, 0.25) is 0 Å². The van der Waals surface area contributed by atoms with E-state index in [2.05, 4.69) is 26.1 Å². The average Bonchev–Trinajstić information content (AvgIpc) is 1.83. The maximum Gasteiger partial charge on any atom is 0.0816 e. The van der Waals surface area contributed by atoms with Crippen molar-refractivity contribution in [3.63, 3.8) is 0 Å². The first-order valence-electron chi connectivity index (χ1n) is 4.82. The Morgan fingerprint density at radius 3 is 2.25 bits per heavy atom. The van der Waals surface area contributed by atoms with Crippen molar-refractivity contribution in [1.29, 1.82) is 0 Å². The van der Waals surface area contributed by atoms with Gasteiger partial charge in [-0.05, 0) is 32.2 Å². The summed E-state index contributed by atoms with van der Waals surface area (Å²) in [6.45, 7) is 8.50. The summed E-state index contributed by atoms with van der Waals surface area (Å²) >= 11 is 0. The molecule has 72 valence electrons. The standard InChI is InChI=1S/C10H21NO/c1-5-12-10(8-11-4)6-9(2,3)7-10/h11H,5-8H2,1-4H3. The summed E-state index contributed by atoms with van der Waals surface area (Å²) in [5, 5.41) is 3.21. The van der Waals surface area contributed by atoms with Crippen LogP contribution in [0.4, 0.5) is 0 Å². The Labute approximate surface area is 75.7 Å². The average molecular weight is 171 g/mol. The third-order valence-electron chi connectivity index (χ3n) is 2.55. The van der Waals surface area contributed by atoms with Crippen molar-refractivity contribution in [1.82, 2.24) is 5.32 Å². The molecule has 0 aliphatic heterocycles. The molecule has 2 heteroatoms. The summed E-state index contributed by atoms with van der Waals surface area (Å²) in [6, 6.07) is 0. The van der Waals surface area contributed by atoms with Crippen molar-refractivity contribution in [2.24, 2.45) is 5.41 Å². The fourth-order valence-corrected chi connectivity index (χ4v) is 2.60. The van der Waals surface area contributed by atoms with Gasteiger partial charge >= 0.3 is 0 Å². The van der Waals surface area contributed by atoms with Gasteiger partial charge in [0.25, 0.3) is 0 Å². The van der Waals surface area contributed by atoms with Gasteiger partial charge in [-0.25, -0.2) is 0 Å². The van der Waals surface area contributed by atoms with Crippen LogP contribution < -0.4 is 5.32 Å². The summed E-state index contributed by atoms with van der Waals surface area (Å²) in [7, 11) is 1.99. The third kappa shape index (κ3) is 1.99. The van der Waals surface area contributed by atoms with Crippen LogP contribution in [0.15, 0.2) is 0 Å². The Kier molecular flexibility index (Phi) is 2.79. The molecule has 0 spiro atoms. The smallest absolute Gasteiger partial charge is 0.0816 e. The summed E-state index contributed by atoms with van der Waals surface area (Å²) < 4.78 is 5.78. The fourth-order valence-electron chi connectivity index (χ4n) is 2.60. The second kappa shape index (κ2) is 3.35. The van der Waals surface area contributed by atoms with Crippen molar-refractivity contribution in [3.05, 3.63) is 0 Å². The zero-order chi connectivity index (χ0) is 9.24. The van der Waals surface area contributed by atoms with Crippen LogP contribution in [0.5, 0.6) is 0 Å². The first-order valence-corrected chi connectivity index (χ1v) is 4.82. The molecule has 0 amide bonds. The molecule has 2 nitrogen and oxygen atoms in total. The van der Waals surface area contributed by atoms with Gasteiger partial charge in [-0.1, -0.05) is 13.8 Å². The third-order valence-corrected chi connectivity index (χ3v) is 2.55. The fraction of sp³-hybridized carbons (Fsp3) is 1.00. The lowest BCUT2D eigenvalue weighted by Gasteiger charge is -2.52. The molecule has 1 saturated carbocycles. The van der Waals surface area contributed by atoms with Gasteiger partial charge in [0, 0.05) is 13.2 Å². The highest BCUT2D eigenvalue weighted by Crippen LogP contribution is 2.49. The Hall–Kier alpha value is -0.0800. The van der Waals surface area contributed by atoms with Crippen LogP contribution in [0, 0.1) is 5.41 Å². The molecule has 0 unspecified atom stereocenters. The molecule has 0 saturated heterocycles. The molecule has 0 radical (unpaired) electrons. The predicted molar refractivity (Wildman–Crippen MR) is 51.3 cm³/mol. The lowest BCUT2D eigenvalue weighted by molar-refractivity contribution is -0.151. The molecule has 0 atom stereocenters. The number of likely N-dealkylation sites (N-methyl/N-ethyl adjacent to an activating group) is 1. The maximum absolute atomic E-state index is 5.78. The van der Waals surface area contributed by atoms with E-state index in [4.69, 9.17) is 4.74 Å². The second-order valence-electron chi connectivity index (χ2n) is 4.66. The molecule has 0 aromatic heterocycles. The Morgan fingerprint density at radius 1 is 1.33 bits per heavy atom. The van der Waals surface area contributed by atoms with Gasteiger partial charge in [0.05, 0.1) is 5.60 Å². The summed E-state index contributed by atoms with van der Waals surface area (Å²) in [5.74, 6) is 0. The normalized spacial score (nSPS) is 25.0. The van der Waals surface area contributed by atoms with Gasteiger partial charge in [0.15, 0.2) is 0 Å². The SMILES string of the molecule is CCOC1(CNC)CC(C)(C)C1.